The number of piperidine rings is 1. The van der Waals surface area contributed by atoms with Crippen LogP contribution in [0.3, 0.4) is 0 Å². The third kappa shape index (κ3) is 3.08. The number of fused-ring (bicyclic) bond motifs is 2. The lowest BCUT2D eigenvalue weighted by molar-refractivity contribution is -0.138. The first-order valence-corrected chi connectivity index (χ1v) is 12.3. The molecule has 31 heavy (non-hydrogen) atoms. The second-order valence-corrected chi connectivity index (χ2v) is 10.4. The Morgan fingerprint density at radius 1 is 0.839 bits per heavy atom. The molecule has 1 saturated carbocycles. The van der Waals surface area contributed by atoms with Gasteiger partial charge in [-0.3, -0.25) is 4.79 Å². The lowest BCUT2D eigenvalue weighted by atomic mass is 9.74. The summed E-state index contributed by atoms with van der Waals surface area (Å²) in [5.41, 5.74) is 2.45. The molecular weight excluding hydrogens is 518 g/mol. The van der Waals surface area contributed by atoms with Crippen molar-refractivity contribution < 1.29 is 9.53 Å². The number of ether oxygens (including phenoxy) is 1. The summed E-state index contributed by atoms with van der Waals surface area (Å²) >= 11 is 7.77. The molecule has 1 amide bonds. The number of carbonyl (C=O) groups excluding carboxylic acids is 1. The molecule has 4 atom stereocenters. The van der Waals surface area contributed by atoms with E-state index in [-0.39, 0.29) is 27.5 Å². The first-order valence-electron chi connectivity index (χ1n) is 10.5. The van der Waals surface area contributed by atoms with Crippen LogP contribution in [0.4, 0.5) is 0 Å². The van der Waals surface area contributed by atoms with Crippen molar-refractivity contribution in [3.8, 4) is 5.75 Å². The number of benzene rings is 3. The normalized spacial score (nSPS) is 25.1. The number of methoxy groups -OCH3 is 1. The molecule has 3 nitrogen and oxygen atoms in total. The monoisotopic (exact) mass is 539 g/mol. The topological polar surface area (TPSA) is 29.5 Å². The van der Waals surface area contributed by atoms with Crippen molar-refractivity contribution in [3.63, 3.8) is 0 Å². The lowest BCUT2D eigenvalue weighted by Crippen LogP contribution is -2.57. The van der Waals surface area contributed by atoms with E-state index in [2.05, 4.69) is 73.2 Å². The predicted octanol–water partition coefficient (Wildman–Crippen LogP) is 5.74. The number of amides is 1. The molecule has 1 saturated heterocycles. The van der Waals surface area contributed by atoms with Crippen LogP contribution in [0.15, 0.2) is 84.9 Å². The molecule has 0 spiro atoms. The summed E-state index contributed by atoms with van der Waals surface area (Å²) < 4.78 is 5.43. The molecule has 0 radical (unpaired) electrons. The molecule has 1 aliphatic heterocycles. The van der Waals surface area contributed by atoms with Gasteiger partial charge in [-0.1, -0.05) is 105 Å². The Bertz CT molecular complexity index is 1030. The zero-order chi connectivity index (χ0) is 21.6. The molecule has 0 N–H and O–H groups in total. The van der Waals surface area contributed by atoms with Crippen LogP contribution < -0.4 is 4.74 Å². The van der Waals surface area contributed by atoms with Gasteiger partial charge in [0.05, 0.1) is 19.1 Å². The predicted molar refractivity (Wildman–Crippen MR) is 130 cm³/mol. The van der Waals surface area contributed by atoms with E-state index >= 15 is 0 Å². The highest BCUT2D eigenvalue weighted by molar-refractivity contribution is 9.10. The van der Waals surface area contributed by atoms with E-state index in [9.17, 15) is 4.79 Å². The SMILES string of the molecule is COc1ccc(C(c2ccccc2)(c2ccccc2)N2C(=O)[C@@H]3C[C@@H](Br)[C@H]2[C@H]3Br)cc1. The van der Waals surface area contributed by atoms with Crippen molar-refractivity contribution >= 4 is 37.8 Å². The van der Waals surface area contributed by atoms with Gasteiger partial charge >= 0.3 is 0 Å². The minimum absolute atomic E-state index is 0.0283. The van der Waals surface area contributed by atoms with Crippen LogP contribution in [0.25, 0.3) is 0 Å². The van der Waals surface area contributed by atoms with Gasteiger partial charge in [0, 0.05) is 9.65 Å². The number of hydrogen-bond donors (Lipinski definition) is 0. The fraction of sp³-hybridized carbons (Fsp3) is 0.269. The van der Waals surface area contributed by atoms with Gasteiger partial charge in [0.15, 0.2) is 0 Å². The molecule has 2 bridgehead atoms. The van der Waals surface area contributed by atoms with Crippen molar-refractivity contribution in [2.45, 2.75) is 27.7 Å². The second-order valence-electron chi connectivity index (χ2n) is 8.17. The van der Waals surface area contributed by atoms with Crippen LogP contribution in [0.5, 0.6) is 5.75 Å². The molecule has 0 unspecified atom stereocenters. The maximum Gasteiger partial charge on any atom is 0.228 e. The molecule has 1 heterocycles. The molecule has 1 aliphatic carbocycles. The number of hydrogen-bond acceptors (Lipinski definition) is 2. The maximum absolute atomic E-state index is 13.9. The van der Waals surface area contributed by atoms with Crippen LogP contribution in [0.2, 0.25) is 0 Å². The van der Waals surface area contributed by atoms with Crippen molar-refractivity contribution in [1.82, 2.24) is 4.90 Å². The lowest BCUT2D eigenvalue weighted by Gasteiger charge is -2.48. The molecule has 2 fully saturated rings. The van der Waals surface area contributed by atoms with E-state index in [0.717, 1.165) is 28.9 Å². The van der Waals surface area contributed by atoms with E-state index in [4.69, 9.17) is 4.74 Å². The van der Waals surface area contributed by atoms with E-state index < -0.39 is 5.54 Å². The summed E-state index contributed by atoms with van der Waals surface area (Å²) in [7, 11) is 1.67. The summed E-state index contributed by atoms with van der Waals surface area (Å²) in [6, 6.07) is 28.9. The smallest absolute Gasteiger partial charge is 0.228 e. The van der Waals surface area contributed by atoms with Crippen LogP contribution in [-0.4, -0.2) is 33.6 Å². The number of likely N-dealkylation sites (tertiary alicyclic amines) is 1. The Labute approximate surface area is 199 Å². The van der Waals surface area contributed by atoms with Gasteiger partial charge in [0.1, 0.15) is 11.3 Å². The second kappa shape index (κ2) is 8.10. The molecular formula is C26H23Br2NO2. The minimum Gasteiger partial charge on any atom is -0.497 e. The van der Waals surface area contributed by atoms with E-state index in [0.29, 0.717) is 0 Å². The molecule has 5 rings (SSSR count). The van der Waals surface area contributed by atoms with Crippen molar-refractivity contribution in [2.75, 3.05) is 7.11 Å². The summed E-state index contributed by atoms with van der Waals surface area (Å²) in [5.74, 6) is 0.968. The third-order valence-electron chi connectivity index (χ3n) is 6.67. The Morgan fingerprint density at radius 2 is 1.35 bits per heavy atom. The van der Waals surface area contributed by atoms with Crippen LogP contribution in [0.1, 0.15) is 23.1 Å². The van der Waals surface area contributed by atoms with Gasteiger partial charge in [0.2, 0.25) is 5.91 Å². The van der Waals surface area contributed by atoms with Gasteiger partial charge in [0.25, 0.3) is 0 Å². The zero-order valence-electron chi connectivity index (χ0n) is 17.1. The summed E-state index contributed by atoms with van der Waals surface area (Å²) in [4.78, 5) is 16.4. The minimum atomic E-state index is -0.746. The van der Waals surface area contributed by atoms with E-state index in [1.54, 1.807) is 7.11 Å². The molecule has 3 aromatic rings. The van der Waals surface area contributed by atoms with Gasteiger partial charge in [-0.2, -0.15) is 0 Å². The van der Waals surface area contributed by atoms with E-state index in [1.165, 1.54) is 0 Å². The van der Waals surface area contributed by atoms with Crippen molar-refractivity contribution in [3.05, 3.63) is 102 Å². The molecule has 158 valence electrons. The largest absolute Gasteiger partial charge is 0.497 e. The van der Waals surface area contributed by atoms with Crippen LogP contribution in [0, 0.1) is 5.92 Å². The summed E-state index contributed by atoms with van der Waals surface area (Å²) in [6.45, 7) is 0. The maximum atomic E-state index is 13.9. The standard InChI is InChI=1S/C26H23Br2NO2/c1-31-20-14-12-19(13-15-20)26(17-8-4-2-5-9-17,18-10-6-3-7-11-18)29-24-22(27)16-21(23(24)28)25(29)30/h2-15,21-24H,16H2,1H3/t21-,22-,23+,24+/m1/s1. The first-order chi connectivity index (χ1) is 15.1. The fourth-order valence-corrected chi connectivity index (χ4v) is 7.74. The number of alkyl halides is 2. The van der Waals surface area contributed by atoms with Crippen LogP contribution >= 0.6 is 31.9 Å². The van der Waals surface area contributed by atoms with Gasteiger partial charge in [-0.15, -0.1) is 0 Å². The van der Waals surface area contributed by atoms with Gasteiger partial charge in [-0.25, -0.2) is 0 Å². The molecule has 2 aliphatic rings. The highest BCUT2D eigenvalue weighted by atomic mass is 79.9. The third-order valence-corrected chi connectivity index (χ3v) is 8.76. The highest BCUT2D eigenvalue weighted by Gasteiger charge is 2.62. The first kappa shape index (κ1) is 20.8. The Morgan fingerprint density at radius 3 is 1.84 bits per heavy atom. The molecule has 0 aromatic heterocycles. The average molecular weight is 541 g/mol. The zero-order valence-corrected chi connectivity index (χ0v) is 20.3. The van der Waals surface area contributed by atoms with Gasteiger partial charge in [-0.05, 0) is 35.2 Å². The quantitative estimate of drug-likeness (QED) is 0.305. The molecule has 3 aromatic carbocycles. The van der Waals surface area contributed by atoms with E-state index in [1.807, 2.05) is 48.5 Å². The number of carbonyl (C=O) groups is 1. The Hall–Kier alpha value is -2.11. The number of halogens is 2. The number of rotatable bonds is 5. The van der Waals surface area contributed by atoms with Crippen molar-refractivity contribution in [2.24, 2.45) is 5.92 Å². The fourth-order valence-electron chi connectivity index (χ4n) is 5.31. The Kier molecular flexibility index (Phi) is 5.43. The number of nitrogens with zero attached hydrogens (tertiary/aromatic N) is 1. The molecule has 5 heteroatoms. The van der Waals surface area contributed by atoms with Crippen molar-refractivity contribution in [1.29, 1.82) is 0 Å². The summed E-state index contributed by atoms with van der Waals surface area (Å²) in [6.07, 6.45) is 0.859. The summed E-state index contributed by atoms with van der Waals surface area (Å²) in [5, 5.41) is 0. The Balaban J connectivity index is 1.84. The average Bonchev–Trinajstić information content (AvgIpc) is 3.24. The van der Waals surface area contributed by atoms with Gasteiger partial charge < -0.3 is 9.64 Å². The van der Waals surface area contributed by atoms with Crippen LogP contribution in [-0.2, 0) is 10.3 Å². The highest BCUT2D eigenvalue weighted by Crippen LogP contribution is 2.55.